The van der Waals surface area contributed by atoms with Crippen LogP contribution in [-0.4, -0.2) is 9.97 Å². The Labute approximate surface area is 108 Å². The summed E-state index contributed by atoms with van der Waals surface area (Å²) in [5.41, 5.74) is 8.42. The molecule has 1 saturated carbocycles. The summed E-state index contributed by atoms with van der Waals surface area (Å²) in [6.07, 6.45) is 6.52. The minimum absolute atomic E-state index is 0.104. The van der Waals surface area contributed by atoms with Crippen LogP contribution in [-0.2, 0) is 16.9 Å². The number of hydrogen-bond acceptors (Lipinski definition) is 3. The number of hydrogen-bond donors (Lipinski definition) is 2. The van der Waals surface area contributed by atoms with Crippen LogP contribution in [0.1, 0.15) is 69.3 Å². The molecule has 18 heavy (non-hydrogen) atoms. The predicted octanol–water partition coefficient (Wildman–Crippen LogP) is 2.76. The van der Waals surface area contributed by atoms with Crippen molar-refractivity contribution in [1.29, 1.82) is 0 Å². The number of imidazole rings is 1. The van der Waals surface area contributed by atoms with Gasteiger partial charge >= 0.3 is 0 Å². The fraction of sp³-hybridized carbons (Fsp3) is 0.786. The Morgan fingerprint density at radius 3 is 2.72 bits per heavy atom. The van der Waals surface area contributed by atoms with E-state index in [4.69, 9.17) is 15.5 Å². The molecule has 2 atom stereocenters. The minimum Gasteiger partial charge on any atom is -0.366 e. The van der Waals surface area contributed by atoms with Gasteiger partial charge in [-0.25, -0.2) is 4.98 Å². The van der Waals surface area contributed by atoms with E-state index in [0.717, 1.165) is 17.2 Å². The molecule has 1 aromatic rings. The third-order valence-electron chi connectivity index (χ3n) is 4.64. The van der Waals surface area contributed by atoms with Gasteiger partial charge in [-0.2, -0.15) is 0 Å². The molecule has 100 valence electrons. The lowest BCUT2D eigenvalue weighted by Crippen LogP contribution is -2.43. The Morgan fingerprint density at radius 1 is 1.33 bits per heavy atom. The van der Waals surface area contributed by atoms with Crippen molar-refractivity contribution >= 4 is 0 Å². The highest BCUT2D eigenvalue weighted by Crippen LogP contribution is 2.38. The number of rotatable bonds is 2. The van der Waals surface area contributed by atoms with E-state index >= 15 is 0 Å². The molecule has 4 nitrogen and oxygen atoms in total. The van der Waals surface area contributed by atoms with Gasteiger partial charge in [0.25, 0.3) is 0 Å². The maximum absolute atomic E-state index is 6.58. The fourth-order valence-electron chi connectivity index (χ4n) is 3.31. The largest absolute Gasteiger partial charge is 0.366 e. The summed E-state index contributed by atoms with van der Waals surface area (Å²) in [7, 11) is 0. The molecule has 3 rings (SSSR count). The average molecular weight is 249 g/mol. The van der Waals surface area contributed by atoms with Gasteiger partial charge in [0.2, 0.25) is 0 Å². The van der Waals surface area contributed by atoms with Crippen LogP contribution in [0.25, 0.3) is 0 Å². The molecule has 1 aliphatic carbocycles. The molecule has 2 aliphatic rings. The van der Waals surface area contributed by atoms with Crippen molar-refractivity contribution in [2.45, 2.75) is 64.2 Å². The zero-order valence-corrected chi connectivity index (χ0v) is 11.3. The quantitative estimate of drug-likeness (QED) is 0.847. The van der Waals surface area contributed by atoms with E-state index in [-0.39, 0.29) is 11.6 Å². The Morgan fingerprint density at radius 2 is 2.06 bits per heavy atom. The van der Waals surface area contributed by atoms with E-state index in [1.54, 1.807) is 0 Å². The normalized spacial score (nSPS) is 28.1. The van der Waals surface area contributed by atoms with Crippen molar-refractivity contribution in [3.05, 3.63) is 17.2 Å². The number of nitrogens with two attached hydrogens (primary N) is 1. The Bertz CT molecular complexity index is 432. The molecule has 1 aromatic heterocycles. The summed E-state index contributed by atoms with van der Waals surface area (Å²) in [4.78, 5) is 8.11. The van der Waals surface area contributed by atoms with Gasteiger partial charge in [0.1, 0.15) is 5.82 Å². The maximum Gasteiger partial charge on any atom is 0.126 e. The van der Waals surface area contributed by atoms with Crippen LogP contribution in [0.15, 0.2) is 0 Å². The third kappa shape index (κ3) is 1.88. The van der Waals surface area contributed by atoms with Crippen molar-refractivity contribution in [1.82, 2.24) is 9.97 Å². The summed E-state index contributed by atoms with van der Waals surface area (Å²) in [6, 6.07) is 0. The molecule has 4 heteroatoms. The van der Waals surface area contributed by atoms with Gasteiger partial charge < -0.3 is 15.5 Å². The molecular weight excluding hydrogens is 226 g/mol. The number of H-pyrrole nitrogens is 1. The second kappa shape index (κ2) is 4.35. The highest BCUT2D eigenvalue weighted by molar-refractivity contribution is 5.23. The molecule has 0 amide bonds. The number of aromatic amines is 1. The molecule has 0 spiro atoms. The molecule has 2 unspecified atom stereocenters. The topological polar surface area (TPSA) is 63.9 Å². The monoisotopic (exact) mass is 249 g/mol. The Hall–Kier alpha value is -0.870. The van der Waals surface area contributed by atoms with Gasteiger partial charge in [-0.05, 0) is 32.6 Å². The first-order valence-corrected chi connectivity index (χ1v) is 7.09. The summed E-state index contributed by atoms with van der Waals surface area (Å²) >= 11 is 0. The van der Waals surface area contributed by atoms with Crippen molar-refractivity contribution in [2.24, 2.45) is 11.7 Å². The van der Waals surface area contributed by atoms with Crippen molar-refractivity contribution in [3.63, 3.8) is 0 Å². The van der Waals surface area contributed by atoms with Gasteiger partial charge in [0.15, 0.2) is 0 Å². The number of nitrogens with one attached hydrogen (secondary N) is 1. The van der Waals surface area contributed by atoms with Crippen LogP contribution in [0.3, 0.4) is 0 Å². The minimum atomic E-state index is -0.329. The Balaban J connectivity index is 1.86. The van der Waals surface area contributed by atoms with Crippen molar-refractivity contribution in [2.75, 3.05) is 0 Å². The molecule has 1 aliphatic heterocycles. The van der Waals surface area contributed by atoms with E-state index in [1.165, 1.54) is 32.1 Å². The summed E-state index contributed by atoms with van der Waals surface area (Å²) in [5.74, 6) is 1.50. The first-order valence-electron chi connectivity index (χ1n) is 7.09. The highest BCUT2D eigenvalue weighted by Gasteiger charge is 2.37. The Kier molecular flexibility index (Phi) is 2.94. The number of aromatic nitrogens is 2. The van der Waals surface area contributed by atoms with Crippen LogP contribution in [0.4, 0.5) is 0 Å². The number of fused-ring (bicyclic) bond motifs is 1. The molecule has 3 N–H and O–H groups in total. The average Bonchev–Trinajstić information content (AvgIpc) is 2.94. The number of nitrogens with zero attached hydrogens (tertiary/aromatic N) is 1. The number of ether oxygens (including phenoxy) is 1. The molecule has 0 radical (unpaired) electrons. The van der Waals surface area contributed by atoms with Gasteiger partial charge in [-0.3, -0.25) is 0 Å². The van der Waals surface area contributed by atoms with Gasteiger partial charge in [0.05, 0.1) is 29.6 Å². The summed E-state index contributed by atoms with van der Waals surface area (Å²) in [6.45, 7) is 4.82. The molecule has 0 saturated heterocycles. The molecular formula is C14H23N3O. The zero-order valence-electron chi connectivity index (χ0n) is 11.3. The zero-order chi connectivity index (χ0) is 12.8. The lowest BCUT2D eigenvalue weighted by molar-refractivity contribution is 0.0750. The van der Waals surface area contributed by atoms with Gasteiger partial charge in [-0.15, -0.1) is 0 Å². The molecule has 0 bridgehead atoms. The fourth-order valence-corrected chi connectivity index (χ4v) is 3.31. The van der Waals surface area contributed by atoms with E-state index in [9.17, 15) is 0 Å². The first-order chi connectivity index (χ1) is 8.59. The molecule has 1 fully saturated rings. The van der Waals surface area contributed by atoms with Crippen LogP contribution in [0.5, 0.6) is 0 Å². The third-order valence-corrected chi connectivity index (χ3v) is 4.64. The van der Waals surface area contributed by atoms with Crippen LogP contribution < -0.4 is 5.73 Å². The smallest absolute Gasteiger partial charge is 0.126 e. The predicted molar refractivity (Wildman–Crippen MR) is 69.9 cm³/mol. The van der Waals surface area contributed by atoms with Crippen LogP contribution >= 0.6 is 0 Å². The standard InChI is InChI=1S/C14H23N3O/c1-9-12-11(8-18-9)16-13(17-12)14(2,15)10-6-4-3-5-7-10/h9-10H,3-8,15H2,1-2H3,(H,16,17). The highest BCUT2D eigenvalue weighted by atomic mass is 16.5. The molecule has 2 heterocycles. The van der Waals surface area contributed by atoms with E-state index in [2.05, 4.69) is 11.9 Å². The van der Waals surface area contributed by atoms with E-state index in [1.807, 2.05) is 6.92 Å². The second-order valence-corrected chi connectivity index (χ2v) is 6.02. The van der Waals surface area contributed by atoms with Crippen molar-refractivity contribution < 1.29 is 4.74 Å². The van der Waals surface area contributed by atoms with E-state index in [0.29, 0.717) is 12.5 Å². The maximum atomic E-state index is 6.58. The second-order valence-electron chi connectivity index (χ2n) is 6.02. The molecule has 0 aromatic carbocycles. The first kappa shape index (κ1) is 12.2. The lowest BCUT2D eigenvalue weighted by Gasteiger charge is -2.35. The summed E-state index contributed by atoms with van der Waals surface area (Å²) < 4.78 is 5.54. The lowest BCUT2D eigenvalue weighted by atomic mass is 9.76. The van der Waals surface area contributed by atoms with Crippen molar-refractivity contribution in [3.8, 4) is 0 Å². The SMILES string of the molecule is CC1OCc2[nH]c(C(C)(N)C3CCCCC3)nc21. The van der Waals surface area contributed by atoms with Crippen LogP contribution in [0, 0.1) is 5.92 Å². The van der Waals surface area contributed by atoms with E-state index < -0.39 is 0 Å². The van der Waals surface area contributed by atoms with Crippen LogP contribution in [0.2, 0.25) is 0 Å². The van der Waals surface area contributed by atoms with Gasteiger partial charge in [-0.1, -0.05) is 19.3 Å². The van der Waals surface area contributed by atoms with Gasteiger partial charge in [0, 0.05) is 0 Å². The summed E-state index contributed by atoms with van der Waals surface area (Å²) in [5, 5.41) is 0.